The van der Waals surface area contributed by atoms with Crippen LogP contribution in [0.4, 0.5) is 0 Å². The SMILES string of the molecule is CC(C)(O)CC/C=C/COC1CCC2(CCC/C(=C\C=C3C[C@@H](O)C[C@@H](O)C3)C2)CC1. The molecule has 0 amide bonds. The van der Waals surface area contributed by atoms with Gasteiger partial charge in [0.2, 0.25) is 0 Å². The van der Waals surface area contributed by atoms with Gasteiger partial charge in [0.05, 0.1) is 30.5 Å². The molecule has 3 aliphatic carbocycles. The van der Waals surface area contributed by atoms with Crippen LogP contribution < -0.4 is 0 Å². The summed E-state index contributed by atoms with van der Waals surface area (Å²) in [6, 6.07) is 0. The summed E-state index contributed by atoms with van der Waals surface area (Å²) < 4.78 is 6.10. The maximum absolute atomic E-state index is 9.90. The van der Waals surface area contributed by atoms with Crippen LogP contribution in [-0.4, -0.2) is 45.8 Å². The molecule has 0 heterocycles. The molecule has 3 fully saturated rings. The Bertz CT molecular complexity index is 635. The Kier molecular flexibility index (Phi) is 8.98. The lowest BCUT2D eigenvalue weighted by Gasteiger charge is -2.43. The summed E-state index contributed by atoms with van der Waals surface area (Å²) in [4.78, 5) is 0. The van der Waals surface area contributed by atoms with E-state index in [-0.39, 0.29) is 0 Å². The molecule has 0 radical (unpaired) electrons. The van der Waals surface area contributed by atoms with Crippen LogP contribution >= 0.6 is 0 Å². The van der Waals surface area contributed by atoms with Crippen LogP contribution in [0, 0.1) is 5.41 Å². The van der Waals surface area contributed by atoms with E-state index >= 15 is 0 Å². The van der Waals surface area contributed by atoms with Gasteiger partial charge in [-0.2, -0.15) is 0 Å². The number of ether oxygens (including phenoxy) is 1. The fraction of sp³-hybridized carbons (Fsp3) is 0.778. The van der Waals surface area contributed by atoms with Crippen LogP contribution in [0.1, 0.15) is 97.3 Å². The summed E-state index contributed by atoms with van der Waals surface area (Å²) in [7, 11) is 0. The standard InChI is InChI=1S/C27H44O4/c1-26(2,30)12-4-3-5-16-31-25-10-14-27(15-11-25)13-6-7-21(20-27)8-9-22-17-23(28)19-24(29)18-22/h3,5,8-9,23-25,28-30H,4,6-7,10-20H2,1-2H3/b5-3+,21-8+,22-9?/t23-,24+,25?,27?. The fourth-order valence-corrected chi connectivity index (χ4v) is 5.64. The maximum atomic E-state index is 9.90. The molecule has 1 spiro atoms. The number of hydrogen-bond donors (Lipinski definition) is 3. The van der Waals surface area contributed by atoms with Crippen LogP contribution in [0.15, 0.2) is 35.5 Å². The Morgan fingerprint density at radius 3 is 2.35 bits per heavy atom. The smallest absolute Gasteiger partial charge is 0.0651 e. The van der Waals surface area contributed by atoms with Crippen LogP contribution in [-0.2, 0) is 4.74 Å². The first-order chi connectivity index (χ1) is 14.7. The van der Waals surface area contributed by atoms with E-state index in [2.05, 4.69) is 24.3 Å². The minimum atomic E-state index is -0.592. The van der Waals surface area contributed by atoms with Crippen molar-refractivity contribution in [3.05, 3.63) is 35.5 Å². The number of aliphatic hydroxyl groups excluding tert-OH is 2. The van der Waals surface area contributed by atoms with Crippen LogP contribution in [0.2, 0.25) is 0 Å². The lowest BCUT2D eigenvalue weighted by Crippen LogP contribution is -2.33. The van der Waals surface area contributed by atoms with E-state index in [1.54, 1.807) is 5.57 Å². The van der Waals surface area contributed by atoms with Gasteiger partial charge in [0.15, 0.2) is 0 Å². The molecule has 0 aromatic carbocycles. The summed E-state index contributed by atoms with van der Waals surface area (Å²) in [6.45, 7) is 4.38. The van der Waals surface area contributed by atoms with E-state index in [1.807, 2.05) is 13.8 Å². The van der Waals surface area contributed by atoms with Crippen molar-refractivity contribution in [2.75, 3.05) is 6.61 Å². The molecule has 176 valence electrons. The molecule has 0 saturated heterocycles. The van der Waals surface area contributed by atoms with E-state index in [0.717, 1.165) is 25.7 Å². The van der Waals surface area contributed by atoms with Gasteiger partial charge in [-0.3, -0.25) is 0 Å². The minimum Gasteiger partial charge on any atom is -0.393 e. The van der Waals surface area contributed by atoms with Gasteiger partial charge >= 0.3 is 0 Å². The van der Waals surface area contributed by atoms with Gasteiger partial charge in [0.1, 0.15) is 0 Å². The Labute approximate surface area is 189 Å². The highest BCUT2D eigenvalue weighted by Gasteiger charge is 2.37. The second-order valence-corrected chi connectivity index (χ2v) is 11.0. The summed E-state index contributed by atoms with van der Waals surface area (Å²) in [5.74, 6) is 0. The first kappa shape index (κ1) is 24.7. The molecule has 0 bridgehead atoms. The molecule has 3 N–H and O–H groups in total. The van der Waals surface area contributed by atoms with Gasteiger partial charge in [0.25, 0.3) is 0 Å². The monoisotopic (exact) mass is 432 g/mol. The van der Waals surface area contributed by atoms with Gasteiger partial charge in [0, 0.05) is 0 Å². The topological polar surface area (TPSA) is 69.9 Å². The predicted octanol–water partition coefficient (Wildman–Crippen LogP) is 5.37. The van der Waals surface area contributed by atoms with Gasteiger partial charge < -0.3 is 20.1 Å². The minimum absolute atomic E-state index is 0.381. The van der Waals surface area contributed by atoms with Crippen molar-refractivity contribution in [1.82, 2.24) is 0 Å². The lowest BCUT2D eigenvalue weighted by molar-refractivity contribution is 0.00273. The van der Waals surface area contributed by atoms with Crippen molar-refractivity contribution in [1.29, 1.82) is 0 Å². The molecular formula is C27H44O4. The quantitative estimate of drug-likeness (QED) is 0.473. The molecular weight excluding hydrogens is 388 g/mol. The second-order valence-electron chi connectivity index (χ2n) is 11.0. The number of aliphatic hydroxyl groups is 3. The van der Waals surface area contributed by atoms with Crippen molar-refractivity contribution < 1.29 is 20.1 Å². The Balaban J connectivity index is 1.42. The molecule has 0 aliphatic heterocycles. The van der Waals surface area contributed by atoms with Crippen molar-refractivity contribution in [3.8, 4) is 0 Å². The van der Waals surface area contributed by atoms with Crippen molar-refractivity contribution in [2.24, 2.45) is 5.41 Å². The largest absolute Gasteiger partial charge is 0.393 e. The third-order valence-corrected chi connectivity index (χ3v) is 7.41. The molecule has 0 aromatic heterocycles. The molecule has 3 aliphatic rings. The highest BCUT2D eigenvalue weighted by atomic mass is 16.5. The third-order valence-electron chi connectivity index (χ3n) is 7.41. The summed E-state index contributed by atoms with van der Waals surface area (Å²) in [5.41, 5.74) is 2.59. The van der Waals surface area contributed by atoms with E-state index in [1.165, 1.54) is 44.1 Å². The fourth-order valence-electron chi connectivity index (χ4n) is 5.64. The average molecular weight is 433 g/mol. The van der Waals surface area contributed by atoms with Gasteiger partial charge in [-0.15, -0.1) is 0 Å². The predicted molar refractivity (Wildman–Crippen MR) is 126 cm³/mol. The van der Waals surface area contributed by atoms with Crippen molar-refractivity contribution >= 4 is 0 Å². The Hall–Kier alpha value is -0.940. The van der Waals surface area contributed by atoms with E-state index in [4.69, 9.17) is 4.74 Å². The third kappa shape index (κ3) is 8.49. The number of rotatable bonds is 7. The van der Waals surface area contributed by atoms with Crippen LogP contribution in [0.25, 0.3) is 0 Å². The first-order valence-electron chi connectivity index (χ1n) is 12.5. The lowest BCUT2D eigenvalue weighted by atomic mass is 9.63. The Morgan fingerprint density at radius 2 is 1.68 bits per heavy atom. The van der Waals surface area contributed by atoms with Crippen molar-refractivity contribution in [3.63, 3.8) is 0 Å². The number of hydrogen-bond acceptors (Lipinski definition) is 4. The zero-order valence-electron chi connectivity index (χ0n) is 19.7. The molecule has 3 saturated carbocycles. The molecule has 0 unspecified atom stereocenters. The molecule has 0 aromatic rings. The van der Waals surface area contributed by atoms with Gasteiger partial charge in [-0.1, -0.05) is 35.5 Å². The zero-order chi connectivity index (χ0) is 22.3. The molecule has 3 rings (SSSR count). The Morgan fingerprint density at radius 1 is 1.00 bits per heavy atom. The second kappa shape index (κ2) is 11.3. The van der Waals surface area contributed by atoms with Crippen molar-refractivity contribution in [2.45, 2.75) is 121 Å². The maximum Gasteiger partial charge on any atom is 0.0651 e. The normalized spacial score (nSPS) is 35.5. The highest BCUT2D eigenvalue weighted by molar-refractivity contribution is 5.22. The molecule has 2 atom stereocenters. The van der Waals surface area contributed by atoms with Gasteiger partial charge in [-0.05, 0) is 103 Å². The number of allylic oxidation sites excluding steroid dienone is 4. The summed E-state index contributed by atoms with van der Waals surface area (Å²) >= 11 is 0. The first-order valence-corrected chi connectivity index (χ1v) is 12.5. The average Bonchev–Trinajstić information content (AvgIpc) is 2.69. The van der Waals surface area contributed by atoms with E-state index in [0.29, 0.717) is 37.4 Å². The van der Waals surface area contributed by atoms with Gasteiger partial charge in [-0.25, -0.2) is 0 Å². The van der Waals surface area contributed by atoms with E-state index < -0.39 is 17.8 Å². The van der Waals surface area contributed by atoms with Crippen LogP contribution in [0.5, 0.6) is 0 Å². The molecule has 4 nitrogen and oxygen atoms in total. The van der Waals surface area contributed by atoms with Crippen LogP contribution in [0.3, 0.4) is 0 Å². The van der Waals surface area contributed by atoms with E-state index in [9.17, 15) is 15.3 Å². The molecule has 31 heavy (non-hydrogen) atoms. The zero-order valence-corrected chi connectivity index (χ0v) is 19.7. The summed E-state index contributed by atoms with van der Waals surface area (Å²) in [6.07, 6.45) is 21.7. The summed E-state index contributed by atoms with van der Waals surface area (Å²) in [5, 5.41) is 29.5. The highest BCUT2D eigenvalue weighted by Crippen LogP contribution is 2.49. The molecule has 4 heteroatoms.